The van der Waals surface area contributed by atoms with Gasteiger partial charge in [0.05, 0.1) is 16.5 Å². The number of anilines is 1. The molecule has 6 nitrogen and oxygen atoms in total. The summed E-state index contributed by atoms with van der Waals surface area (Å²) in [5.74, 6) is 0.710. The number of nitrogen functional groups attached to an aromatic ring is 1. The van der Waals surface area contributed by atoms with E-state index >= 15 is 0 Å². The number of pyridine rings is 1. The zero-order valence-electron chi connectivity index (χ0n) is 11.9. The fourth-order valence-electron chi connectivity index (χ4n) is 2.20. The third kappa shape index (κ3) is 2.30. The summed E-state index contributed by atoms with van der Waals surface area (Å²) >= 11 is 1.09. The normalized spacial score (nSPS) is 12.6. The number of nitrogens with two attached hydrogens (primary N) is 2. The predicted octanol–water partition coefficient (Wildman–Crippen LogP) is 2.28. The first kappa shape index (κ1) is 14.7. The van der Waals surface area contributed by atoms with Gasteiger partial charge in [0.15, 0.2) is 0 Å². The lowest BCUT2D eigenvalue weighted by Gasteiger charge is -2.04. The number of rotatable bonds is 3. The van der Waals surface area contributed by atoms with Crippen LogP contribution in [-0.2, 0) is 10.8 Å². The lowest BCUT2D eigenvalue weighted by molar-refractivity contribution is 0.100. The van der Waals surface area contributed by atoms with Gasteiger partial charge in [-0.15, -0.1) is 11.3 Å². The highest BCUT2D eigenvalue weighted by molar-refractivity contribution is 7.84. The Balaban J connectivity index is 2.41. The molecular formula is C14H13N3O3S2. The Bertz CT molecular complexity index is 927. The van der Waals surface area contributed by atoms with Crippen LogP contribution in [0.25, 0.3) is 21.5 Å². The van der Waals surface area contributed by atoms with Crippen LogP contribution in [0.5, 0.6) is 0 Å². The third-order valence-electron chi connectivity index (χ3n) is 3.20. The number of nitrogens with zero attached hydrogens (tertiary/aromatic N) is 1. The van der Waals surface area contributed by atoms with Crippen LogP contribution in [0.1, 0.15) is 15.4 Å². The van der Waals surface area contributed by atoms with Crippen molar-refractivity contribution in [2.75, 3.05) is 12.0 Å². The lowest BCUT2D eigenvalue weighted by atomic mass is 10.1. The Hall–Kier alpha value is -2.19. The number of fused-ring (bicyclic) bond motifs is 1. The molecule has 0 bridgehead atoms. The zero-order valence-corrected chi connectivity index (χ0v) is 13.5. The smallest absolute Gasteiger partial charge is 0.260 e. The monoisotopic (exact) mass is 335 g/mol. The average molecular weight is 335 g/mol. The molecule has 1 amide bonds. The summed E-state index contributed by atoms with van der Waals surface area (Å²) in [5.41, 5.74) is 12.3. The molecule has 0 saturated heterocycles. The van der Waals surface area contributed by atoms with Crippen molar-refractivity contribution in [2.24, 2.45) is 5.73 Å². The summed E-state index contributed by atoms with van der Waals surface area (Å²) in [6, 6.07) is 5.29. The van der Waals surface area contributed by atoms with Crippen LogP contribution in [-0.4, -0.2) is 21.4 Å². The maximum Gasteiger partial charge on any atom is 0.260 e. The summed E-state index contributed by atoms with van der Waals surface area (Å²) in [6.07, 6.45) is 1.54. The fraction of sp³-hybridized carbons (Fsp3) is 0.143. The molecule has 0 spiro atoms. The van der Waals surface area contributed by atoms with Crippen molar-refractivity contribution in [3.05, 3.63) is 28.8 Å². The van der Waals surface area contributed by atoms with Gasteiger partial charge in [-0.05, 0) is 25.1 Å². The largest absolute Gasteiger partial charge is 0.461 e. The highest BCUT2D eigenvalue weighted by Gasteiger charge is 2.21. The van der Waals surface area contributed by atoms with Gasteiger partial charge in [0.25, 0.3) is 5.91 Å². The van der Waals surface area contributed by atoms with Crippen molar-refractivity contribution < 1.29 is 13.4 Å². The van der Waals surface area contributed by atoms with Crippen molar-refractivity contribution in [3.8, 4) is 11.3 Å². The van der Waals surface area contributed by atoms with E-state index in [1.807, 2.05) is 13.0 Å². The number of amides is 1. The van der Waals surface area contributed by atoms with Crippen LogP contribution in [0.4, 0.5) is 5.69 Å². The standard InChI is InChI=1S/C14H13N3O3S2/c1-6-3-4-8(20-6)7-5-9(22(2)19)17-14-10(7)11(15)12(21-14)13(16)18/h3-5H,15H2,1-2H3,(H2,16,18). The van der Waals surface area contributed by atoms with Crippen LogP contribution in [0.3, 0.4) is 0 Å². The molecule has 0 aromatic carbocycles. The molecule has 8 heteroatoms. The molecule has 0 radical (unpaired) electrons. The summed E-state index contributed by atoms with van der Waals surface area (Å²) < 4.78 is 17.4. The highest BCUT2D eigenvalue weighted by atomic mass is 32.2. The minimum atomic E-state index is -1.27. The summed E-state index contributed by atoms with van der Waals surface area (Å²) in [6.45, 7) is 1.83. The number of furan rings is 1. The lowest BCUT2D eigenvalue weighted by Crippen LogP contribution is -2.10. The number of carbonyl (C=O) groups excluding carboxylic acids is 1. The first-order chi connectivity index (χ1) is 10.4. The summed E-state index contributed by atoms with van der Waals surface area (Å²) in [4.78, 5) is 16.6. The van der Waals surface area contributed by atoms with E-state index in [1.165, 1.54) is 6.26 Å². The molecule has 3 aromatic heterocycles. The molecule has 4 N–H and O–H groups in total. The predicted molar refractivity (Wildman–Crippen MR) is 87.3 cm³/mol. The van der Waals surface area contributed by atoms with Crippen molar-refractivity contribution in [1.29, 1.82) is 0 Å². The van der Waals surface area contributed by atoms with Crippen LogP contribution < -0.4 is 11.5 Å². The maximum absolute atomic E-state index is 11.8. The van der Waals surface area contributed by atoms with Crippen molar-refractivity contribution >= 4 is 43.9 Å². The van der Waals surface area contributed by atoms with E-state index in [0.717, 1.165) is 17.1 Å². The second-order valence-corrected chi connectivity index (χ2v) is 7.09. The number of carbonyl (C=O) groups is 1. The molecule has 0 aliphatic rings. The Morgan fingerprint density at radius 3 is 2.68 bits per heavy atom. The van der Waals surface area contributed by atoms with Gasteiger partial charge in [0, 0.05) is 17.2 Å². The Kier molecular flexibility index (Phi) is 3.50. The summed E-state index contributed by atoms with van der Waals surface area (Å²) in [7, 11) is -1.27. The number of hydrogen-bond acceptors (Lipinski definition) is 6. The van der Waals surface area contributed by atoms with Crippen molar-refractivity contribution in [2.45, 2.75) is 11.9 Å². The molecule has 3 heterocycles. The minimum absolute atomic E-state index is 0.242. The topological polar surface area (TPSA) is 112 Å². The van der Waals surface area contributed by atoms with Crippen molar-refractivity contribution in [1.82, 2.24) is 4.98 Å². The van der Waals surface area contributed by atoms with E-state index in [1.54, 1.807) is 12.1 Å². The van der Waals surface area contributed by atoms with Gasteiger partial charge in [0.2, 0.25) is 0 Å². The second kappa shape index (κ2) is 5.22. The van der Waals surface area contributed by atoms with Gasteiger partial charge in [-0.1, -0.05) is 0 Å². The van der Waals surface area contributed by atoms with Crippen LogP contribution in [0, 0.1) is 6.92 Å². The van der Waals surface area contributed by atoms with Gasteiger partial charge in [-0.2, -0.15) is 0 Å². The molecule has 114 valence electrons. The van der Waals surface area contributed by atoms with E-state index < -0.39 is 16.7 Å². The Morgan fingerprint density at radius 2 is 2.14 bits per heavy atom. The van der Waals surface area contributed by atoms with Gasteiger partial charge >= 0.3 is 0 Å². The number of thiophene rings is 1. The number of primary amides is 1. The first-order valence-corrected chi connectivity index (χ1v) is 8.69. The third-order valence-corrected chi connectivity index (χ3v) is 5.11. The molecule has 1 atom stereocenters. The van der Waals surface area contributed by atoms with Gasteiger partial charge in [-0.3, -0.25) is 9.00 Å². The zero-order chi connectivity index (χ0) is 16.0. The maximum atomic E-state index is 11.8. The number of aryl methyl sites for hydroxylation is 1. The van der Waals surface area contributed by atoms with E-state index in [-0.39, 0.29) is 10.6 Å². The minimum Gasteiger partial charge on any atom is -0.461 e. The van der Waals surface area contributed by atoms with Crippen LogP contribution in [0.2, 0.25) is 0 Å². The van der Waals surface area contributed by atoms with E-state index in [2.05, 4.69) is 4.98 Å². The molecule has 0 fully saturated rings. The molecular weight excluding hydrogens is 322 g/mol. The van der Waals surface area contributed by atoms with E-state index in [4.69, 9.17) is 15.9 Å². The Labute approximate surface area is 132 Å². The Morgan fingerprint density at radius 1 is 1.41 bits per heavy atom. The molecule has 0 aliphatic heterocycles. The van der Waals surface area contributed by atoms with Crippen molar-refractivity contribution in [3.63, 3.8) is 0 Å². The first-order valence-electron chi connectivity index (χ1n) is 6.31. The SMILES string of the molecule is Cc1ccc(-c2cc(S(C)=O)nc3sc(C(N)=O)c(N)c23)o1. The molecule has 22 heavy (non-hydrogen) atoms. The van der Waals surface area contributed by atoms with E-state index in [0.29, 0.717) is 26.6 Å². The van der Waals surface area contributed by atoms with Gasteiger partial charge in [-0.25, -0.2) is 4.98 Å². The highest BCUT2D eigenvalue weighted by Crippen LogP contribution is 2.40. The molecule has 3 rings (SSSR count). The number of aromatic nitrogens is 1. The molecule has 3 aromatic rings. The van der Waals surface area contributed by atoms with Gasteiger partial charge in [0.1, 0.15) is 26.3 Å². The molecule has 0 saturated carbocycles. The van der Waals surface area contributed by atoms with Crippen LogP contribution >= 0.6 is 11.3 Å². The quantitative estimate of drug-likeness (QED) is 0.762. The van der Waals surface area contributed by atoms with Crippen LogP contribution in [0.15, 0.2) is 27.6 Å². The molecule has 0 aliphatic carbocycles. The van der Waals surface area contributed by atoms with E-state index in [9.17, 15) is 9.00 Å². The summed E-state index contributed by atoms with van der Waals surface area (Å²) in [5, 5.41) is 0.996. The average Bonchev–Trinajstić information content (AvgIpc) is 3.02. The fourth-order valence-corrected chi connectivity index (χ4v) is 3.74. The molecule has 1 unspecified atom stereocenters. The number of hydrogen-bond donors (Lipinski definition) is 2. The van der Waals surface area contributed by atoms with Gasteiger partial charge < -0.3 is 15.9 Å². The second-order valence-electron chi connectivity index (χ2n) is 4.76.